The fraction of sp³-hybridized carbons (Fsp3) is 0.394. The summed E-state index contributed by atoms with van der Waals surface area (Å²) >= 11 is 4.39. The van der Waals surface area contributed by atoms with E-state index in [1.54, 1.807) is 20.8 Å². The number of nitrogens with zero attached hydrogens (tertiary/aromatic N) is 7. The monoisotopic (exact) mass is 1650 g/mol. The van der Waals surface area contributed by atoms with Gasteiger partial charge < -0.3 is 89.2 Å². The predicted molar refractivity (Wildman–Crippen MR) is 413 cm³/mol. The number of hydrogen-bond donors (Lipinski definition) is 17. The second-order valence-electron chi connectivity index (χ2n) is 27.4. The third-order valence-electron chi connectivity index (χ3n) is 18.7. The van der Waals surface area contributed by atoms with Crippen LogP contribution < -0.4 is 64.2 Å². The van der Waals surface area contributed by atoms with Gasteiger partial charge in [-0.15, -0.1) is 57.1 Å². The zero-order valence-corrected chi connectivity index (χ0v) is 66.0. The van der Waals surface area contributed by atoms with Crippen LogP contribution in [0.5, 0.6) is 0 Å². The van der Waals surface area contributed by atoms with Crippen molar-refractivity contribution in [3.8, 4) is 0 Å². The smallest absolute Gasteiger partial charge is 0.357 e. The van der Waals surface area contributed by atoms with Crippen molar-refractivity contribution in [1.29, 1.82) is 0 Å². The number of nitrogens with two attached hydrogens (primary N) is 1. The Morgan fingerprint density at radius 2 is 1.42 bits per heavy atom. The molecule has 4 unspecified atom stereocenters. The zero-order valence-electron chi connectivity index (χ0n) is 61.9. The van der Waals surface area contributed by atoms with Crippen LogP contribution in [0.2, 0.25) is 0 Å². The first-order valence-corrected chi connectivity index (χ1v) is 39.3. The summed E-state index contributed by atoms with van der Waals surface area (Å²) in [6.07, 6.45) is -3.71. The second-order valence-corrected chi connectivity index (χ2v) is 31.9. The molecule has 37 nitrogen and oxygen atoms in total. The van der Waals surface area contributed by atoms with Gasteiger partial charge in [0.1, 0.15) is 107 Å². The molecular weight excluding hydrogens is 1570 g/mol. The van der Waals surface area contributed by atoms with Crippen LogP contribution in [-0.2, 0) is 48.6 Å². The molecule has 5 aromatic heterocycles. The normalized spacial score (nSPS) is 26.1. The highest BCUT2D eigenvalue weighted by atomic mass is 32.2. The van der Waals surface area contributed by atoms with Crippen molar-refractivity contribution >= 4 is 145 Å². The first-order valence-electron chi connectivity index (χ1n) is 34.8. The van der Waals surface area contributed by atoms with Gasteiger partial charge in [-0.25, -0.2) is 29.7 Å². The summed E-state index contributed by atoms with van der Waals surface area (Å²) in [5.41, 5.74) is -2.56. The van der Waals surface area contributed by atoms with Crippen LogP contribution in [0.1, 0.15) is 190 Å². The van der Waals surface area contributed by atoms with Crippen LogP contribution in [-0.4, -0.2) is 192 Å². The molecule has 0 spiro atoms. The maximum atomic E-state index is 15.4. The lowest BCUT2D eigenvalue weighted by Crippen LogP contribution is -2.57. The van der Waals surface area contributed by atoms with Crippen LogP contribution >= 0.6 is 57.1 Å². The van der Waals surface area contributed by atoms with Gasteiger partial charge in [-0.05, 0) is 78.9 Å². The van der Waals surface area contributed by atoms with E-state index >= 15 is 14.4 Å². The molecule has 5 aliphatic rings. The fourth-order valence-electron chi connectivity index (χ4n) is 12.0. The number of aromatic nitrogens is 5. The number of esters is 1. The maximum Gasteiger partial charge on any atom is 0.357 e. The molecule has 113 heavy (non-hydrogen) atoms. The summed E-state index contributed by atoms with van der Waals surface area (Å²) in [6, 6.07) is -10.4. The van der Waals surface area contributed by atoms with Crippen molar-refractivity contribution < 1.29 is 87.8 Å². The van der Waals surface area contributed by atoms with Crippen molar-refractivity contribution in [1.82, 2.24) is 83.4 Å². The van der Waals surface area contributed by atoms with Crippen LogP contribution in [0.4, 0.5) is 0 Å². The summed E-state index contributed by atoms with van der Waals surface area (Å²) in [6.45, 7) is 26.9. The molecule has 9 heterocycles. The lowest BCUT2D eigenvalue weighted by molar-refractivity contribution is -0.129. The van der Waals surface area contributed by atoms with Gasteiger partial charge in [-0.1, -0.05) is 58.4 Å². The van der Waals surface area contributed by atoms with Gasteiger partial charge in [0.25, 0.3) is 41.4 Å². The minimum absolute atomic E-state index is 0.0184. The van der Waals surface area contributed by atoms with Crippen molar-refractivity contribution in [3.05, 3.63) is 160 Å². The van der Waals surface area contributed by atoms with Gasteiger partial charge in [0, 0.05) is 32.8 Å². The third kappa shape index (κ3) is 18.5. The summed E-state index contributed by atoms with van der Waals surface area (Å²) in [5.74, 6) is -12.7. The van der Waals surface area contributed by atoms with Gasteiger partial charge >= 0.3 is 5.97 Å². The topological polar surface area (TPSA) is 563 Å². The van der Waals surface area contributed by atoms with Crippen LogP contribution in [0.15, 0.2) is 105 Å². The highest BCUT2D eigenvalue weighted by Crippen LogP contribution is 2.48. The molecule has 5 aromatic rings. The van der Waals surface area contributed by atoms with Crippen molar-refractivity contribution in [2.45, 2.75) is 165 Å². The predicted octanol–water partition coefficient (Wildman–Crippen LogP) is 0.509. The van der Waals surface area contributed by atoms with E-state index in [4.69, 9.17) is 25.4 Å². The number of ether oxygens (including phenoxy) is 1. The Bertz CT molecular complexity index is 4920. The molecular formula is C71H81N19O18S5. The molecule has 0 saturated carbocycles. The molecule has 18 N–H and O–H groups in total. The number of primary amides is 1. The molecule has 10 rings (SSSR count). The number of aliphatic hydroxyl groups is 5. The Kier molecular flexibility index (Phi) is 26.0. The van der Waals surface area contributed by atoms with E-state index in [-0.39, 0.29) is 89.0 Å². The SMILES string of the molecule is C=C(NC(=O)C(=C)NC(=O)c1csc(C2=N[C@@H]3c4csc(n4)[C@H]4NC(=O)c5csc(n5)[C@H]([C@](C)(O)[C@@H](C)O)NC(=O)C5CSC(=N5)/C(=C/C)NC(=O)C([C@@H](C)O)NC(=O)c5csc(n5)[C@]3(CC2)NC(=O)[C@H](C)NC(=O)C(=C)NC(=O)C(=C)NC(=O)[C@H](C(C)C)NC2C=Cc3c([C@H](C)O)cc(nc3C2O)C(=O)O[C@@H]4C)n1)C(N)=O. The number of amides is 11. The van der Waals surface area contributed by atoms with Gasteiger partial charge in [0.15, 0.2) is 0 Å². The highest BCUT2D eigenvalue weighted by molar-refractivity contribution is 8.14. The molecule has 598 valence electrons. The van der Waals surface area contributed by atoms with Gasteiger partial charge in [0.05, 0.1) is 76.0 Å². The largest absolute Gasteiger partial charge is 0.455 e. The lowest BCUT2D eigenvalue weighted by Gasteiger charge is -2.41. The van der Waals surface area contributed by atoms with E-state index < -0.39 is 201 Å². The number of cyclic esters (lactones) is 1. The lowest BCUT2D eigenvalue weighted by atomic mass is 9.80. The van der Waals surface area contributed by atoms with Crippen molar-refractivity contribution in [2.75, 3.05) is 5.75 Å². The quantitative estimate of drug-likeness (QED) is 0.0633. The highest BCUT2D eigenvalue weighted by Gasteiger charge is 2.51. The average Bonchev–Trinajstić information content (AvgIpc) is 1.66. The number of rotatable bonds is 11. The number of pyridine rings is 1. The van der Waals surface area contributed by atoms with Gasteiger partial charge in [0.2, 0.25) is 23.6 Å². The molecule has 0 aromatic carbocycles. The molecule has 0 radical (unpaired) electrons. The number of thioether (sulfide) groups is 1. The number of nitrogens with one attached hydrogen (secondary N) is 11. The molecule has 0 saturated heterocycles. The van der Waals surface area contributed by atoms with Crippen LogP contribution in [0.3, 0.4) is 0 Å². The zero-order chi connectivity index (χ0) is 82.7. The van der Waals surface area contributed by atoms with E-state index in [1.807, 2.05) is 0 Å². The first kappa shape index (κ1) is 84.6. The fourth-order valence-corrected chi connectivity index (χ4v) is 16.9. The number of aliphatic hydroxyl groups excluding tert-OH is 4. The number of aliphatic imine (C=N–C) groups is 2. The molecule has 15 atom stereocenters. The number of thiazole rings is 4. The average molecular weight is 1650 g/mol. The Balaban J connectivity index is 1.18. The number of allylic oxidation sites excluding steroid dienone is 1. The third-order valence-corrected chi connectivity index (χ3v) is 23.6. The van der Waals surface area contributed by atoms with Crippen molar-refractivity contribution in [2.24, 2.45) is 21.6 Å². The molecule has 42 heteroatoms. The summed E-state index contributed by atoms with van der Waals surface area (Å²) in [7, 11) is 0. The maximum absolute atomic E-state index is 15.4. The molecule has 13 bridgehead atoms. The van der Waals surface area contributed by atoms with E-state index in [1.165, 1.54) is 87.4 Å². The minimum Gasteiger partial charge on any atom is -0.455 e. The Morgan fingerprint density at radius 1 is 0.743 bits per heavy atom. The molecule has 11 amide bonds. The van der Waals surface area contributed by atoms with E-state index in [9.17, 15) is 68.7 Å². The Labute approximate surface area is 664 Å². The van der Waals surface area contributed by atoms with Gasteiger partial charge in [-0.2, -0.15) is 0 Å². The number of carbonyl (C=O) groups is 12. The second kappa shape index (κ2) is 34.7. The Hall–Kier alpha value is -10.8. The number of hydrogen-bond acceptors (Lipinski definition) is 31. The molecule has 4 aliphatic heterocycles. The number of carbonyl (C=O) groups excluding carboxylic acids is 12. The summed E-state index contributed by atoms with van der Waals surface area (Å²) in [5, 5.41) is 91.5. The van der Waals surface area contributed by atoms with Crippen LogP contribution in [0.25, 0.3) is 6.08 Å². The summed E-state index contributed by atoms with van der Waals surface area (Å²) in [4.78, 5) is 203. The van der Waals surface area contributed by atoms with Gasteiger partial charge in [-0.3, -0.25) is 68.0 Å². The van der Waals surface area contributed by atoms with E-state index in [0.29, 0.717) is 0 Å². The van der Waals surface area contributed by atoms with E-state index in [2.05, 4.69) is 105 Å². The van der Waals surface area contributed by atoms with Crippen LogP contribution in [0, 0.1) is 5.92 Å². The molecule has 1 aliphatic carbocycles. The standard InChI is InChI=1S/C71H81N19O18S5/c1-14-37-64-83-44(22-109-64)61(103)89-52(70(13,107)34(12)93)67-85-43(23-112-67)59(101)88-48-33(11)108-68(106)40-19-36(31(9)91)35-15-16-38(50(94)49(35)79-40)78-46(25(2)3)62(104)77-29(7)56(98)74-27(5)55(97)75-30(8)57(99)90-71(69-86-45(24-113-69)60(102)87-47(32(10)92)63(105)81-37)18-17-39(80-51(71)41-20-111-66(48)82-41)65-84-42(21-110-65)58(100)76-28(6)54(96)73-26(4)53(72)95/h14-16,19-21,23-25,30-34,38,44,46-48,50-52,78,91-94,107H,4-7,17-18,22H2,1-3,8-13H3,(H2,72,95)(H,73,96)(H,74,98)(H,75,97)(H,76,100)(H,77,104)(H,81,105)(H,87,102)(H,88,101)(H,89,103)(H,90,99)/b37-14-/t30-,31-,32+,33+,34+,38?,44?,46-,47?,48-,50?,51+,52+,70+,71+/m0/s1. The first-order chi connectivity index (χ1) is 53.2. The minimum atomic E-state index is -2.21. The summed E-state index contributed by atoms with van der Waals surface area (Å²) < 4.78 is 6.24. The molecule has 0 fully saturated rings. The number of fused-ring (bicyclic) bond motifs is 7. The van der Waals surface area contributed by atoms with Crippen molar-refractivity contribution in [3.63, 3.8) is 0 Å². The Morgan fingerprint density at radius 3 is 2.09 bits per heavy atom. The van der Waals surface area contributed by atoms with E-state index in [0.717, 1.165) is 57.1 Å².